The quantitative estimate of drug-likeness (QED) is 0.748. The third-order valence-corrected chi connectivity index (χ3v) is 2.44. The third kappa shape index (κ3) is 1.24. The zero-order chi connectivity index (χ0) is 9.54. The maximum Gasteiger partial charge on any atom is 0.295 e. The van der Waals surface area contributed by atoms with Crippen LogP contribution < -0.4 is 11.1 Å². The van der Waals surface area contributed by atoms with Crippen LogP contribution in [0.25, 0.3) is 11.1 Å². The molecule has 1 fully saturated rings. The molecule has 4 heteroatoms. The van der Waals surface area contributed by atoms with Gasteiger partial charge >= 0.3 is 0 Å². The summed E-state index contributed by atoms with van der Waals surface area (Å²) in [5.41, 5.74) is 7.36. The molecule has 1 aliphatic rings. The Bertz CT molecular complexity index is 432. The molecule has 0 aliphatic heterocycles. The predicted octanol–water partition coefficient (Wildman–Crippen LogP) is 1.34. The molecule has 3 N–H and O–H groups in total. The van der Waals surface area contributed by atoms with Crippen molar-refractivity contribution in [2.75, 3.05) is 5.32 Å². The highest BCUT2D eigenvalue weighted by molar-refractivity contribution is 5.74. The predicted molar refractivity (Wildman–Crippen MR) is 54.0 cm³/mol. The minimum atomic E-state index is 0.255. The van der Waals surface area contributed by atoms with Crippen molar-refractivity contribution in [3.8, 4) is 0 Å². The molecule has 1 aliphatic carbocycles. The SMILES string of the molecule is NC1CC1Nc1nc2ccccc2o1. The van der Waals surface area contributed by atoms with E-state index < -0.39 is 0 Å². The van der Waals surface area contributed by atoms with Gasteiger partial charge in [0, 0.05) is 12.1 Å². The molecule has 2 unspecified atom stereocenters. The van der Waals surface area contributed by atoms with Gasteiger partial charge in [-0.25, -0.2) is 0 Å². The van der Waals surface area contributed by atoms with E-state index in [4.69, 9.17) is 10.2 Å². The molecule has 1 saturated carbocycles. The summed E-state index contributed by atoms with van der Waals surface area (Å²) >= 11 is 0. The fraction of sp³-hybridized carbons (Fsp3) is 0.300. The Morgan fingerprint density at radius 1 is 1.43 bits per heavy atom. The Hall–Kier alpha value is -1.55. The summed E-state index contributed by atoms with van der Waals surface area (Å²) in [5.74, 6) is 0. The monoisotopic (exact) mass is 189 g/mol. The first kappa shape index (κ1) is 7.82. The normalized spacial score (nSPS) is 25.2. The lowest BCUT2D eigenvalue weighted by molar-refractivity contribution is 0.613. The van der Waals surface area contributed by atoms with Gasteiger partial charge in [0.2, 0.25) is 0 Å². The van der Waals surface area contributed by atoms with Gasteiger partial charge in [-0.15, -0.1) is 0 Å². The van der Waals surface area contributed by atoms with E-state index in [1.54, 1.807) is 0 Å². The minimum Gasteiger partial charge on any atom is -0.424 e. The van der Waals surface area contributed by atoms with Gasteiger partial charge in [0.15, 0.2) is 5.58 Å². The zero-order valence-electron chi connectivity index (χ0n) is 7.60. The van der Waals surface area contributed by atoms with Crippen molar-refractivity contribution in [3.05, 3.63) is 24.3 Å². The number of hydrogen-bond acceptors (Lipinski definition) is 4. The summed E-state index contributed by atoms with van der Waals surface area (Å²) < 4.78 is 5.49. The van der Waals surface area contributed by atoms with Gasteiger partial charge in [-0.3, -0.25) is 0 Å². The van der Waals surface area contributed by atoms with E-state index in [0.29, 0.717) is 12.1 Å². The number of anilines is 1. The lowest BCUT2D eigenvalue weighted by Crippen LogP contribution is -2.13. The molecule has 0 radical (unpaired) electrons. The Kier molecular flexibility index (Phi) is 1.52. The first-order chi connectivity index (χ1) is 6.83. The van der Waals surface area contributed by atoms with Crippen LogP contribution in [-0.4, -0.2) is 17.1 Å². The number of nitrogens with zero attached hydrogens (tertiary/aromatic N) is 1. The van der Waals surface area contributed by atoms with E-state index >= 15 is 0 Å². The van der Waals surface area contributed by atoms with E-state index in [0.717, 1.165) is 17.5 Å². The van der Waals surface area contributed by atoms with E-state index in [1.807, 2.05) is 24.3 Å². The molecule has 2 aromatic rings. The summed E-state index contributed by atoms with van der Waals surface area (Å²) in [4.78, 5) is 4.29. The van der Waals surface area contributed by atoms with Gasteiger partial charge in [-0.1, -0.05) is 12.1 Å². The van der Waals surface area contributed by atoms with Crippen LogP contribution in [0.1, 0.15) is 6.42 Å². The van der Waals surface area contributed by atoms with Crippen LogP contribution in [0.5, 0.6) is 0 Å². The molecule has 14 heavy (non-hydrogen) atoms. The van der Waals surface area contributed by atoms with Gasteiger partial charge in [0.1, 0.15) is 5.52 Å². The number of hydrogen-bond donors (Lipinski definition) is 2. The first-order valence-corrected chi connectivity index (χ1v) is 4.70. The third-order valence-electron chi connectivity index (χ3n) is 2.44. The van der Waals surface area contributed by atoms with Crippen LogP contribution in [0, 0.1) is 0 Å². The summed E-state index contributed by atoms with van der Waals surface area (Å²) in [6, 6.07) is 8.87. The maximum absolute atomic E-state index is 5.68. The smallest absolute Gasteiger partial charge is 0.295 e. The minimum absolute atomic E-state index is 0.255. The topological polar surface area (TPSA) is 64.1 Å². The fourth-order valence-corrected chi connectivity index (χ4v) is 1.47. The number of fused-ring (bicyclic) bond motifs is 1. The lowest BCUT2D eigenvalue weighted by atomic mass is 10.3. The molecule has 0 spiro atoms. The number of nitrogens with two attached hydrogens (primary N) is 1. The average Bonchev–Trinajstić information content (AvgIpc) is 2.74. The molecule has 0 amide bonds. The summed E-state index contributed by atoms with van der Waals surface area (Å²) in [6.45, 7) is 0. The average molecular weight is 189 g/mol. The fourth-order valence-electron chi connectivity index (χ4n) is 1.47. The number of oxazole rings is 1. The number of aromatic nitrogens is 1. The Morgan fingerprint density at radius 3 is 2.93 bits per heavy atom. The number of para-hydroxylation sites is 2. The highest BCUT2D eigenvalue weighted by Crippen LogP contribution is 2.25. The van der Waals surface area contributed by atoms with Crippen molar-refractivity contribution in [2.24, 2.45) is 5.73 Å². The number of rotatable bonds is 2. The summed E-state index contributed by atoms with van der Waals surface area (Å²) in [6.07, 6.45) is 0.999. The van der Waals surface area contributed by atoms with Crippen LogP contribution in [-0.2, 0) is 0 Å². The van der Waals surface area contributed by atoms with Gasteiger partial charge < -0.3 is 15.5 Å². The Labute approximate surface area is 81.1 Å². The second kappa shape index (κ2) is 2.72. The molecular formula is C10H11N3O. The molecule has 1 aromatic carbocycles. The van der Waals surface area contributed by atoms with Gasteiger partial charge in [0.25, 0.3) is 6.01 Å². The van der Waals surface area contributed by atoms with Crippen molar-refractivity contribution in [1.29, 1.82) is 0 Å². The first-order valence-electron chi connectivity index (χ1n) is 4.70. The Balaban J connectivity index is 1.90. The van der Waals surface area contributed by atoms with Crippen LogP contribution in [0.2, 0.25) is 0 Å². The standard InChI is InChI=1S/C10H11N3O/c11-6-5-8(6)13-10-12-7-3-1-2-4-9(7)14-10/h1-4,6,8H,5,11H2,(H,12,13). The number of nitrogens with one attached hydrogen (secondary N) is 1. The largest absolute Gasteiger partial charge is 0.424 e. The van der Waals surface area contributed by atoms with Gasteiger partial charge in [-0.2, -0.15) is 4.98 Å². The lowest BCUT2D eigenvalue weighted by Gasteiger charge is -1.95. The highest BCUT2D eigenvalue weighted by atomic mass is 16.4. The molecule has 4 nitrogen and oxygen atoms in total. The van der Waals surface area contributed by atoms with Crippen LogP contribution >= 0.6 is 0 Å². The molecule has 0 saturated heterocycles. The maximum atomic E-state index is 5.68. The van der Waals surface area contributed by atoms with Gasteiger partial charge in [0.05, 0.1) is 0 Å². The van der Waals surface area contributed by atoms with Crippen molar-refractivity contribution in [3.63, 3.8) is 0 Å². The molecular weight excluding hydrogens is 178 g/mol. The van der Waals surface area contributed by atoms with E-state index in [1.165, 1.54) is 0 Å². The molecule has 1 aromatic heterocycles. The summed E-state index contributed by atoms with van der Waals surface area (Å²) in [5, 5.41) is 3.15. The van der Waals surface area contributed by atoms with Gasteiger partial charge in [-0.05, 0) is 18.6 Å². The molecule has 3 rings (SSSR count). The van der Waals surface area contributed by atoms with Crippen molar-refractivity contribution >= 4 is 17.1 Å². The molecule has 72 valence electrons. The molecule has 0 bridgehead atoms. The molecule has 2 atom stereocenters. The van der Waals surface area contributed by atoms with E-state index in [-0.39, 0.29) is 6.04 Å². The molecule has 1 heterocycles. The second-order valence-corrected chi connectivity index (χ2v) is 3.64. The van der Waals surface area contributed by atoms with Crippen LogP contribution in [0.4, 0.5) is 6.01 Å². The van der Waals surface area contributed by atoms with E-state index in [9.17, 15) is 0 Å². The van der Waals surface area contributed by atoms with Crippen LogP contribution in [0.15, 0.2) is 28.7 Å². The van der Waals surface area contributed by atoms with Crippen molar-refractivity contribution < 1.29 is 4.42 Å². The van der Waals surface area contributed by atoms with Crippen LogP contribution in [0.3, 0.4) is 0 Å². The Morgan fingerprint density at radius 2 is 2.21 bits per heavy atom. The zero-order valence-corrected chi connectivity index (χ0v) is 7.60. The van der Waals surface area contributed by atoms with Crippen molar-refractivity contribution in [1.82, 2.24) is 4.98 Å². The van der Waals surface area contributed by atoms with Crippen molar-refractivity contribution in [2.45, 2.75) is 18.5 Å². The summed E-state index contributed by atoms with van der Waals surface area (Å²) in [7, 11) is 0. The number of benzene rings is 1. The highest BCUT2D eigenvalue weighted by Gasteiger charge is 2.34. The second-order valence-electron chi connectivity index (χ2n) is 3.64. The van der Waals surface area contributed by atoms with E-state index in [2.05, 4.69) is 10.3 Å².